The molecule has 1 aromatic heterocycles. The SMILES string of the molecule is COC(=O)c1c(NC(=O)[C@H]2[C@H](C(=O)O)[C@H]3C=C[C@H]2CC3)sc2c1CCCC2. The fourth-order valence-corrected chi connectivity index (χ4v) is 6.14. The van der Waals surface area contributed by atoms with E-state index in [1.807, 2.05) is 12.2 Å². The lowest BCUT2D eigenvalue weighted by Crippen LogP contribution is -2.47. The third-order valence-electron chi connectivity index (χ3n) is 6.13. The van der Waals surface area contributed by atoms with E-state index < -0.39 is 23.8 Å². The highest BCUT2D eigenvalue weighted by atomic mass is 32.1. The summed E-state index contributed by atoms with van der Waals surface area (Å²) in [6, 6.07) is 0. The second-order valence-corrected chi connectivity index (χ2v) is 8.68. The number of carboxylic acid groups (broad SMARTS) is 1. The number of thiophene rings is 1. The van der Waals surface area contributed by atoms with Crippen LogP contribution in [-0.4, -0.2) is 30.1 Å². The molecule has 4 aliphatic carbocycles. The second-order valence-electron chi connectivity index (χ2n) is 7.58. The molecule has 0 aliphatic heterocycles. The maximum absolute atomic E-state index is 13.1. The average molecular weight is 389 g/mol. The molecular formula is C20H23NO5S. The number of anilines is 1. The van der Waals surface area contributed by atoms with Crippen LogP contribution < -0.4 is 5.32 Å². The molecule has 0 unspecified atom stereocenters. The number of aliphatic carboxylic acids is 1. The maximum atomic E-state index is 13.1. The predicted octanol–water partition coefficient (Wildman–Crippen LogP) is 3.27. The van der Waals surface area contributed by atoms with Crippen molar-refractivity contribution in [1.29, 1.82) is 0 Å². The molecule has 1 aromatic rings. The van der Waals surface area contributed by atoms with E-state index in [0.717, 1.165) is 49.0 Å². The van der Waals surface area contributed by atoms with Gasteiger partial charge in [0.15, 0.2) is 0 Å². The van der Waals surface area contributed by atoms with Gasteiger partial charge in [-0.1, -0.05) is 12.2 Å². The molecular weight excluding hydrogens is 366 g/mol. The van der Waals surface area contributed by atoms with Crippen LogP contribution in [-0.2, 0) is 27.2 Å². The van der Waals surface area contributed by atoms with E-state index >= 15 is 0 Å². The number of carboxylic acids is 1. The van der Waals surface area contributed by atoms with Crippen molar-refractivity contribution in [2.45, 2.75) is 38.5 Å². The van der Waals surface area contributed by atoms with Crippen LogP contribution in [0.2, 0.25) is 0 Å². The molecule has 0 spiro atoms. The van der Waals surface area contributed by atoms with Crippen molar-refractivity contribution in [3.05, 3.63) is 28.2 Å². The molecule has 5 rings (SSSR count). The zero-order valence-corrected chi connectivity index (χ0v) is 16.0. The largest absolute Gasteiger partial charge is 0.481 e. The van der Waals surface area contributed by atoms with Gasteiger partial charge < -0.3 is 15.2 Å². The fourth-order valence-electron chi connectivity index (χ4n) is 4.86. The smallest absolute Gasteiger partial charge is 0.341 e. The minimum absolute atomic E-state index is 0.0627. The number of ether oxygens (including phenoxy) is 1. The summed E-state index contributed by atoms with van der Waals surface area (Å²) in [4.78, 5) is 38.4. The van der Waals surface area contributed by atoms with Gasteiger partial charge >= 0.3 is 11.9 Å². The Balaban J connectivity index is 1.65. The van der Waals surface area contributed by atoms with Crippen molar-refractivity contribution >= 4 is 34.2 Å². The topological polar surface area (TPSA) is 92.7 Å². The number of rotatable bonds is 4. The Morgan fingerprint density at radius 3 is 2.41 bits per heavy atom. The van der Waals surface area contributed by atoms with Gasteiger partial charge in [0.05, 0.1) is 24.5 Å². The highest BCUT2D eigenvalue weighted by molar-refractivity contribution is 7.17. The Kier molecular flexibility index (Phi) is 4.80. The minimum Gasteiger partial charge on any atom is -0.481 e. The standard InChI is InChI=1S/C20H23NO5S/c1-26-20(25)16-12-4-2-3-5-13(12)27-18(16)21-17(22)14-10-6-8-11(9-7-10)15(14)19(23)24/h6,8,10-11,14-15H,2-5,7,9H2,1H3,(H,21,22)(H,23,24)/t10-,11-,14+,15+/m0/s1. The Morgan fingerprint density at radius 2 is 1.78 bits per heavy atom. The number of amides is 1. The van der Waals surface area contributed by atoms with E-state index in [0.29, 0.717) is 10.6 Å². The first-order valence-electron chi connectivity index (χ1n) is 9.46. The van der Waals surface area contributed by atoms with Gasteiger partial charge in [-0.05, 0) is 55.9 Å². The zero-order chi connectivity index (χ0) is 19.1. The Bertz CT molecular complexity index is 827. The lowest BCUT2D eigenvalue weighted by Gasteiger charge is -2.41. The third-order valence-corrected chi connectivity index (χ3v) is 7.34. The van der Waals surface area contributed by atoms with E-state index in [1.54, 1.807) is 0 Å². The number of nitrogens with one attached hydrogen (secondary N) is 1. The quantitative estimate of drug-likeness (QED) is 0.609. The lowest BCUT2D eigenvalue weighted by molar-refractivity contribution is -0.151. The molecule has 1 fully saturated rings. The van der Waals surface area contributed by atoms with Crippen molar-refractivity contribution in [2.75, 3.05) is 12.4 Å². The van der Waals surface area contributed by atoms with Gasteiger partial charge in [0.1, 0.15) is 5.00 Å². The van der Waals surface area contributed by atoms with Crippen molar-refractivity contribution in [3.63, 3.8) is 0 Å². The van der Waals surface area contributed by atoms with Crippen LogP contribution in [0.15, 0.2) is 12.2 Å². The van der Waals surface area contributed by atoms with Crippen molar-refractivity contribution in [3.8, 4) is 0 Å². The van der Waals surface area contributed by atoms with E-state index in [-0.39, 0.29) is 17.7 Å². The van der Waals surface area contributed by atoms with E-state index in [4.69, 9.17) is 4.74 Å². The van der Waals surface area contributed by atoms with Crippen LogP contribution in [0.3, 0.4) is 0 Å². The summed E-state index contributed by atoms with van der Waals surface area (Å²) in [5.74, 6) is -3.13. The number of carbonyl (C=O) groups is 3. The number of methoxy groups -OCH3 is 1. The molecule has 2 N–H and O–H groups in total. The molecule has 1 amide bonds. The second kappa shape index (κ2) is 7.11. The Hall–Kier alpha value is -2.15. The molecule has 7 heteroatoms. The highest BCUT2D eigenvalue weighted by Gasteiger charge is 2.48. The Labute approximate surface area is 161 Å². The van der Waals surface area contributed by atoms with Crippen LogP contribution in [0.1, 0.15) is 46.5 Å². The van der Waals surface area contributed by atoms with Crippen molar-refractivity contribution < 1.29 is 24.2 Å². The van der Waals surface area contributed by atoms with Crippen LogP contribution in [0.5, 0.6) is 0 Å². The number of fused-ring (bicyclic) bond motifs is 3. The van der Waals surface area contributed by atoms with E-state index in [9.17, 15) is 19.5 Å². The average Bonchev–Trinajstić information content (AvgIpc) is 3.05. The number of carbonyl (C=O) groups excluding carboxylic acids is 2. The fraction of sp³-hybridized carbons (Fsp3) is 0.550. The number of hydrogen-bond donors (Lipinski definition) is 2. The van der Waals surface area contributed by atoms with E-state index in [2.05, 4.69) is 5.32 Å². The first kappa shape index (κ1) is 18.2. The van der Waals surface area contributed by atoms with Crippen LogP contribution >= 0.6 is 11.3 Å². The molecule has 1 heterocycles. The molecule has 0 aromatic carbocycles. The molecule has 1 saturated carbocycles. The summed E-state index contributed by atoms with van der Waals surface area (Å²) in [6.45, 7) is 0. The molecule has 144 valence electrons. The molecule has 0 saturated heterocycles. The maximum Gasteiger partial charge on any atom is 0.341 e. The first-order valence-corrected chi connectivity index (χ1v) is 10.3. The highest BCUT2D eigenvalue weighted by Crippen LogP contribution is 2.46. The Morgan fingerprint density at radius 1 is 1.11 bits per heavy atom. The van der Waals surface area contributed by atoms with E-state index in [1.165, 1.54) is 18.4 Å². The number of esters is 1. The van der Waals surface area contributed by atoms with Crippen LogP contribution in [0, 0.1) is 23.7 Å². The monoisotopic (exact) mass is 389 g/mol. The molecule has 4 aliphatic rings. The van der Waals surface area contributed by atoms with Crippen LogP contribution in [0.25, 0.3) is 0 Å². The number of allylic oxidation sites excluding steroid dienone is 2. The summed E-state index contributed by atoms with van der Waals surface area (Å²) < 4.78 is 4.95. The summed E-state index contributed by atoms with van der Waals surface area (Å²) in [5, 5.41) is 13.1. The van der Waals surface area contributed by atoms with Crippen molar-refractivity contribution in [2.24, 2.45) is 23.7 Å². The lowest BCUT2D eigenvalue weighted by atomic mass is 9.62. The third kappa shape index (κ3) is 3.08. The molecule has 0 radical (unpaired) electrons. The number of hydrogen-bond acceptors (Lipinski definition) is 5. The summed E-state index contributed by atoms with van der Waals surface area (Å²) in [7, 11) is 1.34. The van der Waals surface area contributed by atoms with Gasteiger partial charge in [-0.3, -0.25) is 9.59 Å². The minimum atomic E-state index is -0.923. The number of aryl methyl sites for hydroxylation is 1. The zero-order valence-electron chi connectivity index (χ0n) is 15.2. The predicted molar refractivity (Wildman–Crippen MR) is 101 cm³/mol. The normalized spacial score (nSPS) is 28.5. The van der Waals surface area contributed by atoms with Gasteiger partial charge in [-0.25, -0.2) is 4.79 Å². The molecule has 27 heavy (non-hydrogen) atoms. The summed E-state index contributed by atoms with van der Waals surface area (Å²) in [6.07, 6.45) is 9.35. The van der Waals surface area contributed by atoms with Gasteiger partial charge in [-0.15, -0.1) is 11.3 Å². The first-order chi connectivity index (χ1) is 13.0. The van der Waals surface area contributed by atoms with Crippen molar-refractivity contribution in [1.82, 2.24) is 0 Å². The summed E-state index contributed by atoms with van der Waals surface area (Å²) in [5.41, 5.74) is 1.43. The van der Waals surface area contributed by atoms with Gasteiger partial charge in [0.2, 0.25) is 5.91 Å². The molecule has 4 atom stereocenters. The van der Waals surface area contributed by atoms with Gasteiger partial charge in [-0.2, -0.15) is 0 Å². The van der Waals surface area contributed by atoms with Gasteiger partial charge in [0, 0.05) is 4.88 Å². The van der Waals surface area contributed by atoms with Gasteiger partial charge in [0.25, 0.3) is 0 Å². The molecule has 2 bridgehead atoms. The van der Waals surface area contributed by atoms with Crippen LogP contribution in [0.4, 0.5) is 5.00 Å². The summed E-state index contributed by atoms with van der Waals surface area (Å²) >= 11 is 1.43. The molecule has 6 nitrogen and oxygen atoms in total.